The first-order valence-electron chi connectivity index (χ1n) is 6.64. The third-order valence-corrected chi connectivity index (χ3v) is 3.23. The summed E-state index contributed by atoms with van der Waals surface area (Å²) < 4.78 is 0. The Bertz CT molecular complexity index is 640. The first-order valence-corrected chi connectivity index (χ1v) is 6.64. The van der Waals surface area contributed by atoms with Gasteiger partial charge in [-0.2, -0.15) is 0 Å². The number of rotatable bonds is 4. The Morgan fingerprint density at radius 2 is 2.00 bits per heavy atom. The van der Waals surface area contributed by atoms with E-state index >= 15 is 0 Å². The van der Waals surface area contributed by atoms with Gasteiger partial charge in [0.05, 0.1) is 5.56 Å². The Labute approximate surface area is 126 Å². The van der Waals surface area contributed by atoms with Crippen LogP contribution < -0.4 is 11.1 Å². The van der Waals surface area contributed by atoms with Crippen molar-refractivity contribution >= 4 is 23.7 Å². The minimum atomic E-state index is -0.766. The number of carbonyl (C=O) groups excluding carboxylic acids is 3. The lowest BCUT2D eigenvalue weighted by molar-refractivity contribution is -0.172. The number of hydrogen-bond donors (Lipinski definition) is 3. The summed E-state index contributed by atoms with van der Waals surface area (Å²) in [6.07, 6.45) is 0.113. The molecule has 0 saturated carbocycles. The SMILES string of the molecule is Cc1cc(C(=O)ON2C(=O)CCC2=O)ccc1CNC(=N)N. The number of imide groups is 1. The summed E-state index contributed by atoms with van der Waals surface area (Å²) in [6.45, 7) is 2.15. The lowest BCUT2D eigenvalue weighted by Crippen LogP contribution is -2.32. The average molecular weight is 304 g/mol. The number of aryl methyl sites for hydroxylation is 1. The quantitative estimate of drug-likeness (QED) is 0.414. The normalized spacial score (nSPS) is 14.1. The van der Waals surface area contributed by atoms with E-state index in [0.717, 1.165) is 11.1 Å². The molecule has 1 fully saturated rings. The second kappa shape index (κ2) is 6.25. The van der Waals surface area contributed by atoms with Crippen LogP contribution in [-0.2, 0) is 21.0 Å². The largest absolute Gasteiger partial charge is 0.370 e. The fourth-order valence-electron chi connectivity index (χ4n) is 2.01. The molecule has 0 radical (unpaired) electrons. The topological polar surface area (TPSA) is 126 Å². The molecule has 1 aromatic rings. The molecule has 0 unspecified atom stereocenters. The van der Waals surface area contributed by atoms with E-state index in [1.54, 1.807) is 19.1 Å². The van der Waals surface area contributed by atoms with Gasteiger partial charge in [-0.3, -0.25) is 15.0 Å². The summed E-state index contributed by atoms with van der Waals surface area (Å²) >= 11 is 0. The van der Waals surface area contributed by atoms with Gasteiger partial charge in [-0.15, -0.1) is 5.06 Å². The summed E-state index contributed by atoms with van der Waals surface area (Å²) in [5, 5.41) is 10.3. The summed E-state index contributed by atoms with van der Waals surface area (Å²) in [6, 6.07) is 4.80. The molecule has 22 heavy (non-hydrogen) atoms. The highest BCUT2D eigenvalue weighted by Crippen LogP contribution is 2.16. The van der Waals surface area contributed by atoms with Crippen molar-refractivity contribution in [3.05, 3.63) is 34.9 Å². The average Bonchev–Trinajstić information content (AvgIpc) is 2.77. The first kappa shape index (κ1) is 15.5. The first-order chi connectivity index (χ1) is 10.4. The minimum absolute atomic E-state index is 0.0563. The van der Waals surface area contributed by atoms with Gasteiger partial charge < -0.3 is 15.9 Å². The van der Waals surface area contributed by atoms with E-state index in [1.165, 1.54) is 6.07 Å². The fraction of sp³-hybridized carbons (Fsp3) is 0.286. The number of hydrogen-bond acceptors (Lipinski definition) is 5. The molecule has 116 valence electrons. The highest BCUT2D eigenvalue weighted by atomic mass is 16.7. The Morgan fingerprint density at radius 3 is 2.55 bits per heavy atom. The molecular weight excluding hydrogens is 288 g/mol. The molecule has 2 amide bonds. The van der Waals surface area contributed by atoms with Gasteiger partial charge in [0.1, 0.15) is 0 Å². The van der Waals surface area contributed by atoms with E-state index < -0.39 is 17.8 Å². The second-order valence-corrected chi connectivity index (χ2v) is 4.87. The van der Waals surface area contributed by atoms with Crippen LogP contribution in [0.4, 0.5) is 0 Å². The molecule has 1 aliphatic rings. The molecule has 0 bridgehead atoms. The van der Waals surface area contributed by atoms with Gasteiger partial charge in [0.2, 0.25) is 0 Å². The molecular formula is C14H16N4O4. The second-order valence-electron chi connectivity index (χ2n) is 4.87. The lowest BCUT2D eigenvalue weighted by Gasteiger charge is -2.13. The van der Waals surface area contributed by atoms with E-state index in [9.17, 15) is 14.4 Å². The van der Waals surface area contributed by atoms with Crippen molar-refractivity contribution in [2.45, 2.75) is 26.3 Å². The highest BCUT2D eigenvalue weighted by Gasteiger charge is 2.33. The maximum Gasteiger partial charge on any atom is 0.363 e. The standard InChI is InChI=1S/C14H16N4O4/c1-8-6-9(2-3-10(8)7-17-14(15)16)13(21)22-18-11(19)4-5-12(18)20/h2-3,6H,4-5,7H2,1H3,(H4,15,16,17). The summed E-state index contributed by atoms with van der Waals surface area (Å²) in [5.74, 6) is -1.94. The Hall–Kier alpha value is -2.90. The molecule has 4 N–H and O–H groups in total. The van der Waals surface area contributed by atoms with Gasteiger partial charge in [-0.25, -0.2) is 4.79 Å². The van der Waals surface area contributed by atoms with Crippen LogP contribution in [0.3, 0.4) is 0 Å². The number of guanidine groups is 1. The van der Waals surface area contributed by atoms with E-state index in [4.69, 9.17) is 16.0 Å². The number of nitrogens with two attached hydrogens (primary N) is 1. The molecule has 1 aliphatic heterocycles. The van der Waals surface area contributed by atoms with E-state index in [0.29, 0.717) is 11.6 Å². The molecule has 8 nitrogen and oxygen atoms in total. The van der Waals surface area contributed by atoms with E-state index in [2.05, 4.69) is 5.32 Å². The number of nitrogens with zero attached hydrogens (tertiary/aromatic N) is 1. The number of benzene rings is 1. The Kier molecular flexibility index (Phi) is 4.40. The molecule has 0 aliphatic carbocycles. The maximum atomic E-state index is 12.0. The summed E-state index contributed by atoms with van der Waals surface area (Å²) in [7, 11) is 0. The third-order valence-electron chi connectivity index (χ3n) is 3.23. The van der Waals surface area contributed by atoms with Crippen molar-refractivity contribution in [1.82, 2.24) is 10.4 Å². The van der Waals surface area contributed by atoms with E-state index in [1.807, 2.05) is 0 Å². The van der Waals surface area contributed by atoms with Gasteiger partial charge in [0.15, 0.2) is 5.96 Å². The Balaban J connectivity index is 2.07. The number of hydroxylamine groups is 2. The molecule has 8 heteroatoms. The zero-order valence-electron chi connectivity index (χ0n) is 12.0. The van der Waals surface area contributed by atoms with Gasteiger partial charge in [-0.1, -0.05) is 6.07 Å². The van der Waals surface area contributed by atoms with Crippen molar-refractivity contribution in [1.29, 1.82) is 5.41 Å². The number of amides is 2. The van der Waals surface area contributed by atoms with Crippen molar-refractivity contribution in [3.8, 4) is 0 Å². The van der Waals surface area contributed by atoms with Gasteiger partial charge in [0, 0.05) is 19.4 Å². The van der Waals surface area contributed by atoms with Crippen LogP contribution in [0.15, 0.2) is 18.2 Å². The van der Waals surface area contributed by atoms with Crippen molar-refractivity contribution in [2.24, 2.45) is 5.73 Å². The molecule has 1 saturated heterocycles. The number of nitrogens with one attached hydrogen (secondary N) is 2. The van der Waals surface area contributed by atoms with Crippen LogP contribution in [0.25, 0.3) is 0 Å². The van der Waals surface area contributed by atoms with Crippen LogP contribution >= 0.6 is 0 Å². The van der Waals surface area contributed by atoms with E-state index in [-0.39, 0.29) is 24.4 Å². The molecule has 0 spiro atoms. The monoisotopic (exact) mass is 304 g/mol. The Morgan fingerprint density at radius 1 is 1.36 bits per heavy atom. The van der Waals surface area contributed by atoms with Crippen molar-refractivity contribution in [2.75, 3.05) is 0 Å². The predicted molar refractivity (Wildman–Crippen MR) is 76.4 cm³/mol. The summed E-state index contributed by atoms with van der Waals surface area (Å²) in [5.41, 5.74) is 7.10. The molecule has 0 atom stereocenters. The molecule has 2 rings (SSSR count). The van der Waals surface area contributed by atoms with Crippen LogP contribution in [-0.4, -0.2) is 28.8 Å². The summed E-state index contributed by atoms with van der Waals surface area (Å²) in [4.78, 5) is 39.6. The smallest absolute Gasteiger partial charge is 0.363 e. The van der Waals surface area contributed by atoms with Crippen LogP contribution in [0.5, 0.6) is 0 Å². The molecule has 1 aromatic carbocycles. The van der Waals surface area contributed by atoms with Crippen LogP contribution in [0.2, 0.25) is 0 Å². The van der Waals surface area contributed by atoms with Crippen molar-refractivity contribution < 1.29 is 19.2 Å². The van der Waals surface area contributed by atoms with Gasteiger partial charge in [-0.05, 0) is 30.2 Å². The van der Waals surface area contributed by atoms with Gasteiger partial charge >= 0.3 is 5.97 Å². The zero-order valence-corrected chi connectivity index (χ0v) is 12.0. The highest BCUT2D eigenvalue weighted by molar-refractivity contribution is 6.02. The zero-order chi connectivity index (χ0) is 16.3. The van der Waals surface area contributed by atoms with Gasteiger partial charge in [0.25, 0.3) is 11.8 Å². The van der Waals surface area contributed by atoms with Crippen LogP contribution in [0.1, 0.15) is 34.3 Å². The maximum absolute atomic E-state index is 12.0. The fourth-order valence-corrected chi connectivity index (χ4v) is 2.01. The lowest BCUT2D eigenvalue weighted by atomic mass is 10.1. The molecule has 0 aromatic heterocycles. The number of carbonyl (C=O) groups is 3. The van der Waals surface area contributed by atoms with Crippen LogP contribution in [0, 0.1) is 12.3 Å². The molecule has 1 heterocycles. The minimum Gasteiger partial charge on any atom is -0.370 e. The predicted octanol–water partition coefficient (Wildman–Crippen LogP) is 0.199. The third kappa shape index (κ3) is 3.40. The van der Waals surface area contributed by atoms with Crippen molar-refractivity contribution in [3.63, 3.8) is 0 Å².